The summed E-state index contributed by atoms with van der Waals surface area (Å²) in [6.07, 6.45) is 7.95. The Kier molecular flexibility index (Phi) is 9.42. The smallest absolute Gasteiger partial charge is 0.338 e. The second-order valence-electron chi connectivity index (χ2n) is 8.41. The average molecular weight is 440 g/mol. The van der Waals surface area contributed by atoms with Gasteiger partial charge in [-0.3, -0.25) is 0 Å². The first-order valence-corrected chi connectivity index (χ1v) is 11.9. The molecule has 0 radical (unpaired) electrons. The number of methoxy groups -OCH3 is 2. The molecule has 0 saturated carbocycles. The zero-order chi connectivity index (χ0) is 22.8. The number of aryl methyl sites for hydroxylation is 1. The molecule has 5 heteroatoms. The molecule has 2 aromatic rings. The third-order valence-electron chi connectivity index (χ3n) is 6.44. The first-order valence-electron chi connectivity index (χ1n) is 11.9. The molecule has 1 aliphatic carbocycles. The molecule has 2 aromatic carbocycles. The fraction of sp³-hybridized carbons (Fsp3) is 0.519. The normalized spacial score (nSPS) is 15.3. The Balaban J connectivity index is 1.32. The lowest BCUT2D eigenvalue weighted by Gasteiger charge is -2.34. The van der Waals surface area contributed by atoms with Gasteiger partial charge in [0.25, 0.3) is 0 Å². The molecule has 0 fully saturated rings. The Morgan fingerprint density at radius 3 is 2.47 bits per heavy atom. The Morgan fingerprint density at radius 2 is 1.72 bits per heavy atom. The highest BCUT2D eigenvalue weighted by Crippen LogP contribution is 2.28. The van der Waals surface area contributed by atoms with Crippen LogP contribution in [0.2, 0.25) is 0 Å². The van der Waals surface area contributed by atoms with Gasteiger partial charge in [-0.1, -0.05) is 44.0 Å². The number of unbranched alkanes of at least 4 members (excludes halogenated alkanes) is 3. The van der Waals surface area contributed by atoms with E-state index in [4.69, 9.17) is 14.2 Å². The van der Waals surface area contributed by atoms with Gasteiger partial charge in [0, 0.05) is 6.04 Å². The van der Waals surface area contributed by atoms with Crippen LogP contribution in [-0.2, 0) is 17.6 Å². The van der Waals surface area contributed by atoms with E-state index >= 15 is 0 Å². The lowest BCUT2D eigenvalue weighted by molar-refractivity contribution is 0.0497. The summed E-state index contributed by atoms with van der Waals surface area (Å²) in [4.78, 5) is 14.9. The summed E-state index contributed by atoms with van der Waals surface area (Å²) in [5, 5.41) is 0. The number of nitrogens with zero attached hydrogens (tertiary/aromatic N) is 1. The third kappa shape index (κ3) is 6.49. The van der Waals surface area contributed by atoms with Gasteiger partial charge in [0.2, 0.25) is 0 Å². The Morgan fingerprint density at radius 1 is 0.969 bits per heavy atom. The molecule has 0 bridgehead atoms. The summed E-state index contributed by atoms with van der Waals surface area (Å²) in [6.45, 7) is 4.97. The van der Waals surface area contributed by atoms with Gasteiger partial charge in [-0.2, -0.15) is 0 Å². The van der Waals surface area contributed by atoms with Crippen molar-refractivity contribution < 1.29 is 19.0 Å². The van der Waals surface area contributed by atoms with Crippen molar-refractivity contribution in [2.45, 2.75) is 57.9 Å². The summed E-state index contributed by atoms with van der Waals surface area (Å²) < 4.78 is 15.9. The van der Waals surface area contributed by atoms with Crippen LogP contribution < -0.4 is 9.47 Å². The molecule has 32 heavy (non-hydrogen) atoms. The van der Waals surface area contributed by atoms with Crippen LogP contribution in [0.4, 0.5) is 0 Å². The number of rotatable bonds is 12. The van der Waals surface area contributed by atoms with Gasteiger partial charge in [-0.25, -0.2) is 4.79 Å². The van der Waals surface area contributed by atoms with Crippen LogP contribution in [0.15, 0.2) is 42.5 Å². The molecule has 5 nitrogen and oxygen atoms in total. The van der Waals surface area contributed by atoms with E-state index in [1.807, 2.05) is 0 Å². The maximum absolute atomic E-state index is 12.3. The summed E-state index contributed by atoms with van der Waals surface area (Å²) >= 11 is 0. The minimum absolute atomic E-state index is 0.319. The number of carbonyl (C=O) groups excluding carboxylic acids is 1. The molecule has 0 spiro atoms. The predicted octanol–water partition coefficient (Wildman–Crippen LogP) is 5.30. The van der Waals surface area contributed by atoms with E-state index in [0.29, 0.717) is 29.7 Å². The number of esters is 1. The van der Waals surface area contributed by atoms with Crippen molar-refractivity contribution in [3.05, 3.63) is 59.2 Å². The van der Waals surface area contributed by atoms with Gasteiger partial charge in [0.1, 0.15) is 0 Å². The van der Waals surface area contributed by atoms with E-state index in [2.05, 4.69) is 36.1 Å². The summed E-state index contributed by atoms with van der Waals surface area (Å²) in [5.41, 5.74) is 3.54. The van der Waals surface area contributed by atoms with Crippen molar-refractivity contribution in [2.75, 3.05) is 33.9 Å². The van der Waals surface area contributed by atoms with Crippen molar-refractivity contribution in [1.29, 1.82) is 0 Å². The first kappa shape index (κ1) is 24.1. The molecule has 1 aliphatic rings. The highest BCUT2D eigenvalue weighted by Gasteiger charge is 2.22. The van der Waals surface area contributed by atoms with E-state index in [-0.39, 0.29) is 5.97 Å². The lowest BCUT2D eigenvalue weighted by Crippen LogP contribution is -2.39. The number of ether oxygens (including phenoxy) is 3. The second kappa shape index (κ2) is 12.5. The minimum Gasteiger partial charge on any atom is -0.493 e. The topological polar surface area (TPSA) is 48.0 Å². The SMILES string of the molecule is CCN(CCCCCCOC(=O)c1ccc(OC)c(OC)c1)C1CCc2ccccc2C1. The van der Waals surface area contributed by atoms with Crippen LogP contribution in [0, 0.1) is 0 Å². The molecule has 174 valence electrons. The number of hydrogen-bond acceptors (Lipinski definition) is 5. The monoisotopic (exact) mass is 439 g/mol. The largest absolute Gasteiger partial charge is 0.493 e. The van der Waals surface area contributed by atoms with Crippen molar-refractivity contribution >= 4 is 5.97 Å². The highest BCUT2D eigenvalue weighted by molar-refractivity contribution is 5.90. The molecule has 3 rings (SSSR count). The molecule has 0 amide bonds. The van der Waals surface area contributed by atoms with Gasteiger partial charge in [0.15, 0.2) is 11.5 Å². The van der Waals surface area contributed by atoms with E-state index in [9.17, 15) is 4.79 Å². The van der Waals surface area contributed by atoms with Crippen LogP contribution in [0.25, 0.3) is 0 Å². The molecule has 0 aliphatic heterocycles. The standard InChI is InChI=1S/C27H37NO4/c1-4-28(24-15-13-21-11-7-8-12-22(21)19-24)17-9-5-6-10-18-32-27(29)23-14-16-25(30-2)26(20-23)31-3/h7-8,11-12,14,16,20,24H,4-6,9-10,13,15,17-19H2,1-3H3. The molecule has 0 saturated heterocycles. The van der Waals surface area contributed by atoms with E-state index in [1.165, 1.54) is 36.8 Å². The number of hydrogen-bond donors (Lipinski definition) is 0. The Labute approximate surface area is 192 Å². The maximum Gasteiger partial charge on any atom is 0.338 e. The van der Waals surface area contributed by atoms with Gasteiger partial charge >= 0.3 is 5.97 Å². The Hall–Kier alpha value is -2.53. The fourth-order valence-electron chi connectivity index (χ4n) is 4.57. The van der Waals surface area contributed by atoms with E-state index in [1.54, 1.807) is 32.4 Å². The van der Waals surface area contributed by atoms with E-state index in [0.717, 1.165) is 32.4 Å². The molecule has 0 aromatic heterocycles. The fourth-order valence-corrected chi connectivity index (χ4v) is 4.57. The van der Waals surface area contributed by atoms with Gasteiger partial charge < -0.3 is 19.1 Å². The number of carbonyl (C=O) groups is 1. The molecule has 1 unspecified atom stereocenters. The molecule has 0 N–H and O–H groups in total. The predicted molar refractivity (Wildman–Crippen MR) is 128 cm³/mol. The van der Waals surface area contributed by atoms with Crippen LogP contribution in [0.3, 0.4) is 0 Å². The second-order valence-corrected chi connectivity index (χ2v) is 8.41. The molecule has 0 heterocycles. The number of benzene rings is 2. The van der Waals surface area contributed by atoms with Crippen LogP contribution in [-0.4, -0.2) is 50.8 Å². The zero-order valence-electron chi connectivity index (χ0n) is 19.8. The quantitative estimate of drug-likeness (QED) is 0.332. The number of fused-ring (bicyclic) bond motifs is 1. The minimum atomic E-state index is -0.319. The maximum atomic E-state index is 12.3. The molecular formula is C27H37NO4. The summed E-state index contributed by atoms with van der Waals surface area (Å²) in [7, 11) is 3.13. The van der Waals surface area contributed by atoms with E-state index < -0.39 is 0 Å². The highest BCUT2D eigenvalue weighted by atomic mass is 16.5. The van der Waals surface area contributed by atoms with Crippen molar-refractivity contribution in [3.63, 3.8) is 0 Å². The summed E-state index contributed by atoms with van der Waals surface area (Å²) in [5.74, 6) is 0.812. The van der Waals surface area contributed by atoms with Crippen LogP contribution in [0.5, 0.6) is 11.5 Å². The van der Waals surface area contributed by atoms with Crippen molar-refractivity contribution in [2.24, 2.45) is 0 Å². The summed E-state index contributed by atoms with van der Waals surface area (Å²) in [6, 6.07) is 14.6. The average Bonchev–Trinajstić information content (AvgIpc) is 2.84. The zero-order valence-corrected chi connectivity index (χ0v) is 19.8. The lowest BCUT2D eigenvalue weighted by atomic mass is 9.87. The Bertz CT molecular complexity index is 866. The van der Waals surface area contributed by atoms with Crippen LogP contribution >= 0.6 is 0 Å². The first-order chi connectivity index (χ1) is 15.7. The third-order valence-corrected chi connectivity index (χ3v) is 6.44. The van der Waals surface area contributed by atoms with Gasteiger partial charge in [0.05, 0.1) is 26.4 Å². The number of likely N-dealkylation sites (N-methyl/N-ethyl adjacent to an activating group) is 1. The van der Waals surface area contributed by atoms with Gasteiger partial charge in [-0.05, 0) is 74.5 Å². The molecular weight excluding hydrogens is 402 g/mol. The van der Waals surface area contributed by atoms with Gasteiger partial charge in [-0.15, -0.1) is 0 Å². The van der Waals surface area contributed by atoms with Crippen molar-refractivity contribution in [3.8, 4) is 11.5 Å². The molecule has 1 atom stereocenters. The van der Waals surface area contributed by atoms with Crippen LogP contribution in [0.1, 0.15) is 60.5 Å². The van der Waals surface area contributed by atoms with Crippen molar-refractivity contribution in [1.82, 2.24) is 4.90 Å².